The molecule has 0 saturated heterocycles. The maximum atomic E-state index is 12.2. The zero-order valence-corrected chi connectivity index (χ0v) is 13.4. The fourth-order valence-corrected chi connectivity index (χ4v) is 3.09. The van der Waals surface area contributed by atoms with E-state index in [-0.39, 0.29) is 11.5 Å². The van der Waals surface area contributed by atoms with Crippen LogP contribution in [-0.2, 0) is 14.6 Å². The number of allylic oxidation sites excluding steroid dienone is 5. The number of sulfone groups is 1. The molecule has 1 aliphatic carbocycles. The van der Waals surface area contributed by atoms with E-state index in [0.29, 0.717) is 18.4 Å². The van der Waals surface area contributed by atoms with Crippen molar-refractivity contribution in [3.8, 4) is 0 Å². The fourth-order valence-electron chi connectivity index (χ4n) is 2.14. The summed E-state index contributed by atoms with van der Waals surface area (Å²) < 4.78 is 23.2. The first-order chi connectivity index (χ1) is 9.59. The predicted octanol–water partition coefficient (Wildman–Crippen LogP) is 1.14. The second kappa shape index (κ2) is 6.68. The second-order valence-electron chi connectivity index (χ2n) is 5.73. The molecule has 0 spiro atoms. The van der Waals surface area contributed by atoms with Crippen LogP contribution in [0.3, 0.4) is 0 Å². The van der Waals surface area contributed by atoms with Crippen molar-refractivity contribution in [1.29, 1.82) is 0 Å². The summed E-state index contributed by atoms with van der Waals surface area (Å²) in [6, 6.07) is 0. The Bertz CT molecular complexity index is 594. The van der Waals surface area contributed by atoms with Gasteiger partial charge in [-0.1, -0.05) is 38.2 Å². The molecule has 0 fully saturated rings. The van der Waals surface area contributed by atoms with Crippen LogP contribution < -0.4 is 0 Å². The minimum atomic E-state index is -3.54. The lowest BCUT2D eigenvalue weighted by Gasteiger charge is -2.15. The van der Waals surface area contributed by atoms with E-state index >= 15 is 0 Å². The van der Waals surface area contributed by atoms with Crippen LogP contribution in [0.2, 0.25) is 0 Å². The molecule has 0 aromatic rings. The lowest BCUT2D eigenvalue weighted by molar-refractivity contribution is -0.111. The van der Waals surface area contributed by atoms with E-state index in [1.54, 1.807) is 26.0 Å². The summed E-state index contributed by atoms with van der Waals surface area (Å²) >= 11 is 0. The number of hydrogen-bond acceptors (Lipinski definition) is 5. The number of rotatable bonds is 6. The van der Waals surface area contributed by atoms with Gasteiger partial charge in [0.2, 0.25) is 5.78 Å². The van der Waals surface area contributed by atoms with Gasteiger partial charge < -0.3 is 10.2 Å². The van der Waals surface area contributed by atoms with Gasteiger partial charge in [-0.05, 0) is 12.8 Å². The normalized spacial score (nSPS) is 22.0. The first-order valence-electron chi connectivity index (χ1n) is 6.75. The molecule has 0 amide bonds. The number of hydrogen-bond donors (Lipinski definition) is 2. The quantitative estimate of drug-likeness (QED) is 0.717. The van der Waals surface area contributed by atoms with Gasteiger partial charge in [-0.25, -0.2) is 8.42 Å². The highest BCUT2D eigenvalue weighted by Crippen LogP contribution is 2.39. The van der Waals surface area contributed by atoms with E-state index < -0.39 is 27.1 Å². The van der Waals surface area contributed by atoms with E-state index in [1.165, 1.54) is 12.2 Å². The predicted molar refractivity (Wildman–Crippen MR) is 81.3 cm³/mol. The van der Waals surface area contributed by atoms with Gasteiger partial charge in [-0.2, -0.15) is 0 Å². The van der Waals surface area contributed by atoms with Gasteiger partial charge in [-0.15, -0.1) is 0 Å². The molecule has 0 heterocycles. The van der Waals surface area contributed by atoms with Crippen molar-refractivity contribution in [2.75, 3.05) is 12.9 Å². The van der Waals surface area contributed by atoms with Crippen LogP contribution in [0.5, 0.6) is 0 Å². The summed E-state index contributed by atoms with van der Waals surface area (Å²) in [5.74, 6) is -0.489. The van der Waals surface area contributed by atoms with E-state index in [0.717, 1.165) is 6.26 Å². The van der Waals surface area contributed by atoms with Crippen molar-refractivity contribution in [2.24, 2.45) is 5.41 Å². The zero-order chi connectivity index (χ0) is 16.3. The molecule has 0 aromatic heterocycles. The molecule has 1 unspecified atom stereocenters. The summed E-state index contributed by atoms with van der Waals surface area (Å²) in [7, 11) is -3.54. The molecule has 2 N–H and O–H groups in total. The third-order valence-electron chi connectivity index (χ3n) is 3.31. The molecule has 0 aromatic carbocycles. The minimum absolute atomic E-state index is 0.0130. The van der Waals surface area contributed by atoms with Crippen LogP contribution in [0.25, 0.3) is 0 Å². The van der Waals surface area contributed by atoms with Crippen molar-refractivity contribution in [3.05, 3.63) is 34.8 Å². The van der Waals surface area contributed by atoms with Gasteiger partial charge in [-0.3, -0.25) is 4.79 Å². The molecule has 1 aliphatic rings. The van der Waals surface area contributed by atoms with Crippen LogP contribution in [0, 0.1) is 5.41 Å². The lowest BCUT2D eigenvalue weighted by atomic mass is 9.87. The van der Waals surface area contributed by atoms with Crippen molar-refractivity contribution < 1.29 is 23.4 Å². The van der Waals surface area contributed by atoms with Gasteiger partial charge in [0.1, 0.15) is 4.91 Å². The van der Waals surface area contributed by atoms with E-state index in [9.17, 15) is 18.3 Å². The largest absolute Gasteiger partial charge is 0.396 e. The molecular formula is C15H22O5S. The Labute approximate surface area is 125 Å². The monoisotopic (exact) mass is 314 g/mol. The van der Waals surface area contributed by atoms with Gasteiger partial charge in [0, 0.05) is 23.9 Å². The highest BCUT2D eigenvalue weighted by Gasteiger charge is 2.39. The standard InChI is InChI=1S/C15H22O5S/c1-15(2)10-13(21(3,19)20)14(18)12(15)8-4-6-11(17)7-5-9-16/h4,6,8,10-11,16-17H,5,7,9H2,1-3H3. The lowest BCUT2D eigenvalue weighted by Crippen LogP contribution is -2.13. The van der Waals surface area contributed by atoms with Crippen LogP contribution in [0.4, 0.5) is 0 Å². The molecule has 1 rings (SSSR count). The van der Waals surface area contributed by atoms with E-state index in [2.05, 4.69) is 0 Å². The van der Waals surface area contributed by atoms with Crippen LogP contribution in [0.1, 0.15) is 26.7 Å². The molecule has 0 saturated carbocycles. The van der Waals surface area contributed by atoms with Crippen molar-refractivity contribution >= 4 is 15.6 Å². The third kappa shape index (κ3) is 4.62. The number of ketones is 1. The minimum Gasteiger partial charge on any atom is -0.396 e. The van der Waals surface area contributed by atoms with Gasteiger partial charge >= 0.3 is 0 Å². The Morgan fingerprint density at radius 2 is 2.00 bits per heavy atom. The second-order valence-corrected chi connectivity index (χ2v) is 7.71. The Balaban J connectivity index is 2.93. The summed E-state index contributed by atoms with van der Waals surface area (Å²) in [5.41, 5.74) is -0.274. The molecule has 118 valence electrons. The molecule has 1 atom stereocenters. The van der Waals surface area contributed by atoms with Gasteiger partial charge in [0.05, 0.1) is 6.10 Å². The fraction of sp³-hybridized carbons (Fsp3) is 0.533. The first-order valence-corrected chi connectivity index (χ1v) is 8.64. The highest BCUT2D eigenvalue weighted by atomic mass is 32.2. The topological polar surface area (TPSA) is 91.7 Å². The zero-order valence-electron chi connectivity index (χ0n) is 12.5. The first kappa shape index (κ1) is 17.8. The van der Waals surface area contributed by atoms with Crippen molar-refractivity contribution in [3.63, 3.8) is 0 Å². The molecule has 0 radical (unpaired) electrons. The van der Waals surface area contributed by atoms with Crippen LogP contribution in [0.15, 0.2) is 34.8 Å². The third-order valence-corrected chi connectivity index (χ3v) is 4.41. The Morgan fingerprint density at radius 1 is 1.38 bits per heavy atom. The average Bonchev–Trinajstić information content (AvgIpc) is 2.59. The van der Waals surface area contributed by atoms with Gasteiger partial charge in [0.15, 0.2) is 9.84 Å². The van der Waals surface area contributed by atoms with Crippen molar-refractivity contribution in [2.45, 2.75) is 32.8 Å². The van der Waals surface area contributed by atoms with Crippen molar-refractivity contribution in [1.82, 2.24) is 0 Å². The summed E-state index contributed by atoms with van der Waals surface area (Å²) in [4.78, 5) is 12.0. The SMILES string of the molecule is CC1(C)C=C(S(C)(=O)=O)C(=O)C1=CC=CC(O)CCCO. The maximum absolute atomic E-state index is 12.2. The Kier molecular flexibility index (Phi) is 5.67. The summed E-state index contributed by atoms with van der Waals surface area (Å²) in [6.07, 6.45) is 7.32. The van der Waals surface area contributed by atoms with Crippen LogP contribution >= 0.6 is 0 Å². The Hall–Kier alpha value is -1.24. The van der Waals surface area contributed by atoms with Crippen LogP contribution in [-0.4, -0.2) is 43.4 Å². The molecule has 6 heteroatoms. The number of Topliss-reactive ketones (excluding diaryl/α,β-unsaturated/α-hetero) is 1. The molecule has 0 aliphatic heterocycles. The smallest absolute Gasteiger partial charge is 0.200 e. The molecule has 21 heavy (non-hydrogen) atoms. The van der Waals surface area contributed by atoms with E-state index in [1.807, 2.05) is 0 Å². The maximum Gasteiger partial charge on any atom is 0.200 e. The summed E-state index contributed by atoms with van der Waals surface area (Å²) in [6.45, 7) is 3.55. The van der Waals surface area contributed by atoms with Gasteiger partial charge in [0.25, 0.3) is 0 Å². The number of aliphatic hydroxyl groups is 2. The Morgan fingerprint density at radius 3 is 2.48 bits per heavy atom. The number of aliphatic hydroxyl groups excluding tert-OH is 2. The number of carbonyl (C=O) groups is 1. The molecular weight excluding hydrogens is 292 g/mol. The number of carbonyl (C=O) groups excluding carboxylic acids is 1. The average molecular weight is 314 g/mol. The summed E-state index contributed by atoms with van der Waals surface area (Å²) in [5, 5.41) is 18.3. The molecule has 5 nitrogen and oxygen atoms in total. The highest BCUT2D eigenvalue weighted by molar-refractivity contribution is 7.95. The van der Waals surface area contributed by atoms with E-state index in [4.69, 9.17) is 5.11 Å². The molecule has 0 bridgehead atoms.